The molecule has 3 rings (SSSR count). The highest BCUT2D eigenvalue weighted by Gasteiger charge is 2.30. The number of nitrogens with two attached hydrogens (primary N) is 1. The van der Waals surface area contributed by atoms with Crippen molar-refractivity contribution in [2.45, 2.75) is 18.9 Å². The van der Waals surface area contributed by atoms with Crippen LogP contribution in [0.15, 0.2) is 21.6 Å². The largest absolute Gasteiger partial charge is 0.438 e. The second-order valence-corrected chi connectivity index (χ2v) is 7.31. The summed E-state index contributed by atoms with van der Waals surface area (Å²) in [5.41, 5.74) is 7.22. The van der Waals surface area contributed by atoms with Crippen molar-refractivity contribution < 1.29 is 22.4 Å². The number of hydrogen-bond acceptors (Lipinski definition) is 7. The molecule has 0 saturated carbocycles. The molecule has 10 heteroatoms. The summed E-state index contributed by atoms with van der Waals surface area (Å²) >= 11 is 0. The van der Waals surface area contributed by atoms with E-state index in [1.165, 1.54) is 16.4 Å². The molecule has 0 spiro atoms. The van der Waals surface area contributed by atoms with Crippen LogP contribution in [-0.4, -0.2) is 54.7 Å². The third-order valence-corrected chi connectivity index (χ3v) is 5.67. The molecule has 0 aliphatic carbocycles. The van der Waals surface area contributed by atoms with Crippen LogP contribution in [-0.2, 0) is 14.8 Å². The summed E-state index contributed by atoms with van der Waals surface area (Å²) in [5.74, 6) is -0.692. The minimum Gasteiger partial charge on any atom is -0.438 e. The number of nitrogens with zero attached hydrogens (tertiary/aromatic N) is 3. The zero-order valence-corrected chi connectivity index (χ0v) is 14.2. The van der Waals surface area contributed by atoms with Gasteiger partial charge in [-0.2, -0.15) is 14.1 Å². The molecule has 0 unspecified atom stereocenters. The lowest BCUT2D eigenvalue weighted by atomic mass is 10.3. The molecule has 2 aromatic rings. The van der Waals surface area contributed by atoms with Crippen molar-refractivity contribution in [3.8, 4) is 0 Å². The number of rotatable bonds is 3. The predicted molar refractivity (Wildman–Crippen MR) is 84.1 cm³/mol. The molecule has 9 nitrogen and oxygen atoms in total. The predicted octanol–water partition coefficient (Wildman–Crippen LogP) is 0.385. The van der Waals surface area contributed by atoms with Gasteiger partial charge in [-0.05, 0) is 26.0 Å². The lowest BCUT2D eigenvalue weighted by Crippen LogP contribution is -2.40. The van der Waals surface area contributed by atoms with Crippen molar-refractivity contribution in [2.75, 3.05) is 32.0 Å². The normalized spacial score (nSPS) is 16.4. The Hall–Kier alpha value is -2.17. The second kappa shape index (κ2) is 6.04. The van der Waals surface area contributed by atoms with Crippen LogP contribution < -0.4 is 5.73 Å². The van der Waals surface area contributed by atoms with Crippen molar-refractivity contribution >= 4 is 21.6 Å². The van der Waals surface area contributed by atoms with Gasteiger partial charge >= 0.3 is 5.91 Å². The van der Waals surface area contributed by atoms with E-state index >= 15 is 0 Å². The van der Waals surface area contributed by atoms with Gasteiger partial charge in [0.2, 0.25) is 5.09 Å². The first-order chi connectivity index (χ1) is 11.3. The number of morpholine rings is 1. The first kappa shape index (κ1) is 16.7. The van der Waals surface area contributed by atoms with Gasteiger partial charge in [-0.3, -0.25) is 4.79 Å². The Morgan fingerprint density at radius 2 is 1.92 bits per heavy atom. The lowest BCUT2D eigenvalue weighted by molar-refractivity contribution is 0.0722. The van der Waals surface area contributed by atoms with Crippen molar-refractivity contribution in [3.63, 3.8) is 0 Å². The Bertz CT molecular complexity index is 877. The van der Waals surface area contributed by atoms with Crippen LogP contribution in [0.25, 0.3) is 0 Å². The number of carbonyl (C=O) groups excluding carboxylic acids is 1. The SMILES string of the molecule is Cc1nn(C(=O)c2ccc(S(=O)(=O)N3CCOCC3)o2)c(C)c1N. The topological polar surface area (TPSA) is 121 Å². The molecule has 1 saturated heterocycles. The molecule has 24 heavy (non-hydrogen) atoms. The monoisotopic (exact) mass is 354 g/mol. The van der Waals surface area contributed by atoms with Crippen molar-refractivity contribution in [1.82, 2.24) is 14.1 Å². The van der Waals surface area contributed by atoms with E-state index in [4.69, 9.17) is 14.9 Å². The van der Waals surface area contributed by atoms with Crippen LogP contribution >= 0.6 is 0 Å². The van der Waals surface area contributed by atoms with Crippen molar-refractivity contribution in [2.24, 2.45) is 0 Å². The molecule has 1 aliphatic rings. The average molecular weight is 354 g/mol. The molecule has 0 radical (unpaired) electrons. The highest BCUT2D eigenvalue weighted by atomic mass is 32.2. The van der Waals surface area contributed by atoms with Crippen molar-refractivity contribution in [3.05, 3.63) is 29.3 Å². The maximum absolute atomic E-state index is 12.5. The van der Waals surface area contributed by atoms with Gasteiger partial charge in [0.15, 0.2) is 5.76 Å². The molecule has 1 fully saturated rings. The van der Waals surface area contributed by atoms with Crippen LogP contribution in [0, 0.1) is 13.8 Å². The molecular weight excluding hydrogens is 336 g/mol. The van der Waals surface area contributed by atoms with Gasteiger partial charge in [-0.25, -0.2) is 8.42 Å². The van der Waals surface area contributed by atoms with E-state index in [0.29, 0.717) is 30.3 Å². The zero-order chi connectivity index (χ0) is 17.5. The van der Waals surface area contributed by atoms with Crippen LogP contribution in [0.2, 0.25) is 0 Å². The summed E-state index contributed by atoms with van der Waals surface area (Å²) in [6.07, 6.45) is 0. The fraction of sp³-hybridized carbons (Fsp3) is 0.429. The molecule has 3 heterocycles. The second-order valence-electron chi connectivity index (χ2n) is 5.44. The Balaban J connectivity index is 1.90. The fourth-order valence-electron chi connectivity index (χ4n) is 2.44. The smallest absolute Gasteiger partial charge is 0.314 e. The minimum atomic E-state index is -3.79. The van der Waals surface area contributed by atoms with Crippen molar-refractivity contribution in [1.29, 1.82) is 0 Å². The maximum Gasteiger partial charge on any atom is 0.314 e. The van der Waals surface area contributed by atoms with E-state index in [-0.39, 0.29) is 23.9 Å². The van der Waals surface area contributed by atoms with Gasteiger partial charge in [0.1, 0.15) is 0 Å². The Labute approximate surface area is 139 Å². The number of hydrogen-bond donors (Lipinski definition) is 1. The van der Waals surface area contributed by atoms with Gasteiger partial charge in [-0.1, -0.05) is 0 Å². The number of anilines is 1. The number of furan rings is 1. The third kappa shape index (κ3) is 2.72. The van der Waals surface area contributed by atoms with E-state index in [1.54, 1.807) is 13.8 Å². The average Bonchev–Trinajstić information content (AvgIpc) is 3.17. The van der Waals surface area contributed by atoms with Crippen LogP contribution in [0.4, 0.5) is 5.69 Å². The summed E-state index contributed by atoms with van der Waals surface area (Å²) in [6, 6.07) is 2.59. The van der Waals surface area contributed by atoms with E-state index in [0.717, 1.165) is 4.68 Å². The van der Waals surface area contributed by atoms with Gasteiger partial charge < -0.3 is 14.9 Å². The third-order valence-electron chi connectivity index (χ3n) is 3.90. The van der Waals surface area contributed by atoms with Crippen LogP contribution in [0.3, 0.4) is 0 Å². The number of carbonyl (C=O) groups is 1. The van der Waals surface area contributed by atoms with Gasteiger partial charge in [0, 0.05) is 13.1 Å². The standard InChI is InChI=1S/C14H18N4O5S/c1-9-13(15)10(2)18(16-9)14(19)11-3-4-12(23-11)24(20,21)17-5-7-22-8-6-17/h3-4H,5-8,15H2,1-2H3. The number of nitrogen functional groups attached to an aromatic ring is 1. The molecule has 0 bridgehead atoms. The van der Waals surface area contributed by atoms with Crippen LogP contribution in [0.5, 0.6) is 0 Å². The zero-order valence-electron chi connectivity index (χ0n) is 13.4. The molecule has 0 atom stereocenters. The van der Waals surface area contributed by atoms with E-state index < -0.39 is 15.9 Å². The lowest BCUT2D eigenvalue weighted by Gasteiger charge is -2.24. The highest BCUT2D eigenvalue weighted by molar-refractivity contribution is 7.89. The quantitative estimate of drug-likeness (QED) is 0.846. The summed E-state index contributed by atoms with van der Waals surface area (Å²) in [6.45, 7) is 4.50. The number of aryl methyl sites for hydroxylation is 1. The Morgan fingerprint density at radius 3 is 2.50 bits per heavy atom. The Kier molecular flexibility index (Phi) is 4.20. The number of sulfonamides is 1. The van der Waals surface area contributed by atoms with Gasteiger partial charge in [0.25, 0.3) is 10.0 Å². The van der Waals surface area contributed by atoms with E-state index in [2.05, 4.69) is 5.10 Å². The minimum absolute atomic E-state index is 0.118. The number of ether oxygens (including phenoxy) is 1. The molecule has 0 aromatic carbocycles. The van der Waals surface area contributed by atoms with E-state index in [9.17, 15) is 13.2 Å². The van der Waals surface area contributed by atoms with Gasteiger partial charge in [0.05, 0.1) is 30.3 Å². The maximum atomic E-state index is 12.5. The summed E-state index contributed by atoms with van der Waals surface area (Å²) in [4.78, 5) is 12.5. The summed E-state index contributed by atoms with van der Waals surface area (Å²) < 4.78 is 37.8. The van der Waals surface area contributed by atoms with Crippen LogP contribution in [0.1, 0.15) is 21.9 Å². The molecule has 1 aliphatic heterocycles. The first-order valence-electron chi connectivity index (χ1n) is 7.36. The molecule has 2 aromatic heterocycles. The first-order valence-corrected chi connectivity index (χ1v) is 8.80. The molecule has 130 valence electrons. The molecule has 2 N–H and O–H groups in total. The number of aromatic nitrogens is 2. The highest BCUT2D eigenvalue weighted by Crippen LogP contribution is 2.22. The van der Waals surface area contributed by atoms with Gasteiger partial charge in [-0.15, -0.1) is 0 Å². The molecule has 0 amide bonds. The Morgan fingerprint density at radius 1 is 1.25 bits per heavy atom. The summed E-state index contributed by atoms with van der Waals surface area (Å²) in [5, 5.41) is 3.78. The fourth-order valence-corrected chi connectivity index (χ4v) is 3.76. The molecular formula is C14H18N4O5S. The summed E-state index contributed by atoms with van der Waals surface area (Å²) in [7, 11) is -3.79. The van der Waals surface area contributed by atoms with E-state index in [1.807, 2.05) is 0 Å².